The molecule has 2 heterocycles. The maximum absolute atomic E-state index is 13.2. The number of aromatic nitrogens is 2. The molecule has 10 nitrogen and oxygen atoms in total. The van der Waals surface area contributed by atoms with Gasteiger partial charge in [-0.25, -0.2) is 17.9 Å². The lowest BCUT2D eigenvalue weighted by Crippen LogP contribution is -2.31. The fraction of sp³-hybridized carbons (Fsp3) is 0.262. The first-order valence-corrected chi connectivity index (χ1v) is 19.4. The Kier molecular flexibility index (Phi) is 10.5. The molecule has 2 aromatic heterocycles. The topological polar surface area (TPSA) is 129 Å². The molecule has 0 saturated heterocycles. The van der Waals surface area contributed by atoms with Crippen LogP contribution in [0.25, 0.3) is 21.8 Å². The predicted molar refractivity (Wildman–Crippen MR) is 206 cm³/mol. The molecular weight excluding hydrogens is 689 g/mol. The number of carbonyl (C=O) groups excluding carboxylic acids is 2. The van der Waals surface area contributed by atoms with Crippen molar-refractivity contribution in [3.05, 3.63) is 131 Å². The largest absolute Gasteiger partial charge is 0.496 e. The molecular formula is C42H42N4O6S. The summed E-state index contributed by atoms with van der Waals surface area (Å²) in [5.41, 5.74) is 6.16. The van der Waals surface area contributed by atoms with E-state index in [-0.39, 0.29) is 16.6 Å². The molecule has 0 aliphatic heterocycles. The lowest BCUT2D eigenvalue weighted by Gasteiger charge is -2.13. The number of carbonyl (C=O) groups is 2. The van der Waals surface area contributed by atoms with Crippen molar-refractivity contribution in [1.29, 1.82) is 0 Å². The number of nitrogens with one attached hydrogen (secondary N) is 2. The molecule has 272 valence electrons. The van der Waals surface area contributed by atoms with Gasteiger partial charge in [-0.1, -0.05) is 48.5 Å². The van der Waals surface area contributed by atoms with E-state index in [1.54, 1.807) is 43.3 Å². The number of aryl methyl sites for hydroxylation is 3. The van der Waals surface area contributed by atoms with Crippen LogP contribution in [0.5, 0.6) is 5.75 Å². The number of fused-ring (bicyclic) bond motifs is 2. The Morgan fingerprint density at radius 1 is 0.906 bits per heavy atom. The Bertz CT molecular complexity index is 2420. The zero-order valence-corrected chi connectivity index (χ0v) is 30.6. The fourth-order valence-corrected chi connectivity index (χ4v) is 8.31. The van der Waals surface area contributed by atoms with Crippen molar-refractivity contribution in [2.24, 2.45) is 0 Å². The highest BCUT2D eigenvalue weighted by molar-refractivity contribution is 7.90. The molecule has 53 heavy (non-hydrogen) atoms. The second kappa shape index (κ2) is 15.5. The maximum atomic E-state index is 13.2. The summed E-state index contributed by atoms with van der Waals surface area (Å²) < 4.78 is 41.8. The van der Waals surface area contributed by atoms with Crippen molar-refractivity contribution in [3.63, 3.8) is 0 Å². The highest BCUT2D eigenvalue weighted by Crippen LogP contribution is 2.31. The molecule has 1 aliphatic rings. The molecule has 0 radical (unpaired) electrons. The molecule has 0 bridgehead atoms. The number of sulfonamides is 1. The number of benzene rings is 4. The molecule has 0 unspecified atom stereocenters. The van der Waals surface area contributed by atoms with Gasteiger partial charge in [0.1, 0.15) is 11.9 Å². The zero-order valence-electron chi connectivity index (χ0n) is 29.8. The molecule has 1 fully saturated rings. The van der Waals surface area contributed by atoms with Crippen LogP contribution < -0.4 is 14.8 Å². The molecule has 1 saturated carbocycles. The van der Waals surface area contributed by atoms with Gasteiger partial charge < -0.3 is 14.0 Å². The van der Waals surface area contributed by atoms with Crippen LogP contribution >= 0.6 is 0 Å². The average Bonchev–Trinajstić information content (AvgIpc) is 3.79. The van der Waals surface area contributed by atoms with Crippen molar-refractivity contribution in [3.8, 4) is 5.75 Å². The molecule has 7 rings (SSSR count). The van der Waals surface area contributed by atoms with Crippen LogP contribution in [0.1, 0.15) is 64.8 Å². The van der Waals surface area contributed by atoms with Crippen LogP contribution in [-0.2, 0) is 34.1 Å². The quantitative estimate of drug-likeness (QED) is 0.130. The van der Waals surface area contributed by atoms with Gasteiger partial charge in [0.05, 0.1) is 17.5 Å². The molecule has 11 heteroatoms. The first kappa shape index (κ1) is 35.7. The van der Waals surface area contributed by atoms with Crippen LogP contribution in [0.3, 0.4) is 0 Å². The number of pyridine rings is 1. The van der Waals surface area contributed by atoms with Gasteiger partial charge in [0.2, 0.25) is 0 Å². The summed E-state index contributed by atoms with van der Waals surface area (Å²) in [4.78, 5) is 30.8. The number of hydrogen-bond acceptors (Lipinski definition) is 7. The second-order valence-corrected chi connectivity index (χ2v) is 15.2. The van der Waals surface area contributed by atoms with Gasteiger partial charge >= 0.3 is 6.09 Å². The Balaban J connectivity index is 1.13. The Labute approximate surface area is 309 Å². The zero-order chi connectivity index (χ0) is 37.0. The monoisotopic (exact) mass is 730 g/mol. The van der Waals surface area contributed by atoms with E-state index in [0.29, 0.717) is 23.4 Å². The number of para-hydroxylation sites is 1. The third kappa shape index (κ3) is 8.20. The smallest absolute Gasteiger partial charge is 0.411 e. The molecule has 2 amide bonds. The van der Waals surface area contributed by atoms with Gasteiger partial charge in [0, 0.05) is 52.4 Å². The highest BCUT2D eigenvalue weighted by Gasteiger charge is 2.23. The van der Waals surface area contributed by atoms with Crippen LogP contribution in [0.15, 0.2) is 108 Å². The van der Waals surface area contributed by atoms with Gasteiger partial charge in [0.25, 0.3) is 15.9 Å². The van der Waals surface area contributed by atoms with E-state index < -0.39 is 22.0 Å². The van der Waals surface area contributed by atoms with Crippen molar-refractivity contribution >= 4 is 49.5 Å². The van der Waals surface area contributed by atoms with Crippen molar-refractivity contribution < 1.29 is 27.5 Å². The number of nitrogens with zero attached hydrogens (tertiary/aromatic N) is 2. The lowest BCUT2D eigenvalue weighted by molar-refractivity contribution is 0.0980. The van der Waals surface area contributed by atoms with E-state index in [2.05, 4.69) is 39.0 Å². The molecule has 6 aromatic rings. The van der Waals surface area contributed by atoms with Gasteiger partial charge in [0.15, 0.2) is 0 Å². The number of methoxy groups -OCH3 is 1. The number of anilines is 1. The van der Waals surface area contributed by atoms with Gasteiger partial charge in [-0.3, -0.25) is 15.1 Å². The summed E-state index contributed by atoms with van der Waals surface area (Å²) in [5, 5.41) is 4.99. The average molecular weight is 731 g/mol. The Hall–Kier alpha value is -5.68. The SMILES string of the molecule is COc1cc(C(=O)NS(=O)(=O)c2ccccc2C)ccc1Cc1cn(CCCc2ccc3ccccc3n2)c2ccc(NC(=O)OC3CCCC3)cc12. The van der Waals surface area contributed by atoms with Crippen LogP contribution in [-0.4, -0.2) is 43.2 Å². The van der Waals surface area contributed by atoms with Crippen LogP contribution in [0.2, 0.25) is 0 Å². The molecule has 4 aromatic carbocycles. The molecule has 2 N–H and O–H groups in total. The van der Waals surface area contributed by atoms with Gasteiger partial charge in [-0.2, -0.15) is 0 Å². The van der Waals surface area contributed by atoms with E-state index in [4.69, 9.17) is 14.5 Å². The standard InChI is InChI=1S/C42H42N4O6S/c1-28-10-3-8-16-40(28)53(49,50)45-41(47)31-18-17-30(39(25-31)51-2)24-32-27-46(23-9-12-33-20-19-29-11-4-7-15-37(29)43-33)38-22-21-34(26-36(32)38)44-42(48)52-35-13-5-6-14-35/h3-4,7-8,10-11,15-22,25-27,35H,5-6,9,12-14,23-24H2,1-2H3,(H,44,48)(H,45,47). The summed E-state index contributed by atoms with van der Waals surface area (Å²) >= 11 is 0. The summed E-state index contributed by atoms with van der Waals surface area (Å²) in [7, 11) is -2.56. The number of ether oxygens (including phenoxy) is 2. The normalized spacial score (nSPS) is 13.3. The summed E-state index contributed by atoms with van der Waals surface area (Å²) in [5.74, 6) is -0.306. The minimum atomic E-state index is -4.08. The third-order valence-electron chi connectivity index (χ3n) is 9.81. The van der Waals surface area contributed by atoms with E-state index in [0.717, 1.165) is 83.7 Å². The third-order valence-corrected chi connectivity index (χ3v) is 11.3. The highest BCUT2D eigenvalue weighted by atomic mass is 32.2. The molecule has 1 aliphatic carbocycles. The van der Waals surface area contributed by atoms with Gasteiger partial charge in [-0.15, -0.1) is 0 Å². The van der Waals surface area contributed by atoms with Crippen molar-refractivity contribution in [2.45, 2.75) is 69.4 Å². The minimum absolute atomic E-state index is 0.0440. The molecule has 0 atom stereocenters. The van der Waals surface area contributed by atoms with Crippen molar-refractivity contribution in [2.75, 3.05) is 12.4 Å². The fourth-order valence-electron chi connectivity index (χ4n) is 7.09. The second-order valence-electron chi connectivity index (χ2n) is 13.5. The summed E-state index contributed by atoms with van der Waals surface area (Å²) in [6.45, 7) is 2.42. The number of amides is 2. The first-order chi connectivity index (χ1) is 25.7. The van der Waals surface area contributed by atoms with Crippen molar-refractivity contribution in [1.82, 2.24) is 14.3 Å². The lowest BCUT2D eigenvalue weighted by atomic mass is 10.0. The summed E-state index contributed by atoms with van der Waals surface area (Å²) in [6, 6.07) is 29.6. The van der Waals surface area contributed by atoms with Gasteiger partial charge in [-0.05, 0) is 111 Å². The van der Waals surface area contributed by atoms with Crippen LogP contribution in [0.4, 0.5) is 10.5 Å². The van der Waals surface area contributed by atoms with E-state index in [1.807, 2.05) is 36.4 Å². The van der Waals surface area contributed by atoms with Crippen LogP contribution in [0, 0.1) is 6.92 Å². The minimum Gasteiger partial charge on any atom is -0.496 e. The molecule has 0 spiro atoms. The number of hydrogen-bond donors (Lipinski definition) is 2. The van der Waals surface area contributed by atoms with E-state index in [9.17, 15) is 18.0 Å². The first-order valence-electron chi connectivity index (χ1n) is 17.9. The van der Waals surface area contributed by atoms with E-state index in [1.165, 1.54) is 13.2 Å². The maximum Gasteiger partial charge on any atom is 0.411 e. The number of rotatable bonds is 12. The summed E-state index contributed by atoms with van der Waals surface area (Å²) in [6.07, 6.45) is 7.65. The Morgan fingerprint density at radius 3 is 2.51 bits per heavy atom. The Morgan fingerprint density at radius 2 is 1.70 bits per heavy atom. The predicted octanol–water partition coefficient (Wildman–Crippen LogP) is 8.34. The van der Waals surface area contributed by atoms with E-state index >= 15 is 0 Å².